The monoisotopic (exact) mass is 533 g/mol. The first-order valence-corrected chi connectivity index (χ1v) is 15.1. The number of benzene rings is 5. The van der Waals surface area contributed by atoms with E-state index >= 15 is 0 Å². The summed E-state index contributed by atoms with van der Waals surface area (Å²) in [5, 5.41) is 6.63. The van der Waals surface area contributed by atoms with Gasteiger partial charge in [-0.15, -0.1) is 22.7 Å². The molecule has 0 bridgehead atoms. The van der Waals surface area contributed by atoms with E-state index in [0.29, 0.717) is 0 Å². The van der Waals surface area contributed by atoms with Gasteiger partial charge in [0.25, 0.3) is 0 Å². The molecule has 0 fully saturated rings. The summed E-state index contributed by atoms with van der Waals surface area (Å²) < 4.78 is 4.11. The van der Waals surface area contributed by atoms with E-state index in [9.17, 15) is 0 Å². The second-order valence-electron chi connectivity index (χ2n) is 10.5. The van der Waals surface area contributed by atoms with Crippen LogP contribution in [0.25, 0.3) is 80.4 Å². The van der Waals surface area contributed by atoms with Gasteiger partial charge in [0, 0.05) is 56.9 Å². The number of aromatic nitrogens is 1. The Bertz CT molecular complexity index is 2290. The lowest BCUT2D eigenvalue weighted by Gasteiger charge is -2.05. The maximum atomic E-state index is 3.77. The topological polar surface area (TPSA) is 15.8 Å². The summed E-state index contributed by atoms with van der Waals surface area (Å²) in [6, 6.07) is 36.0. The van der Waals surface area contributed by atoms with E-state index in [4.69, 9.17) is 0 Å². The fraction of sp³-hybridized carbons (Fsp3) is 0.0556. The normalized spacial score (nSPS) is 13.3. The number of aromatic amines is 1. The zero-order valence-electron chi connectivity index (χ0n) is 21.1. The fourth-order valence-corrected chi connectivity index (χ4v) is 8.99. The number of thiophene rings is 2. The molecule has 0 aliphatic heterocycles. The van der Waals surface area contributed by atoms with Gasteiger partial charge in [-0.2, -0.15) is 0 Å². The maximum absolute atomic E-state index is 3.77. The van der Waals surface area contributed by atoms with Gasteiger partial charge in [0.2, 0.25) is 0 Å². The minimum atomic E-state index is 1.15. The average molecular weight is 534 g/mol. The van der Waals surface area contributed by atoms with Crippen LogP contribution in [0.1, 0.15) is 16.9 Å². The molecule has 0 saturated heterocycles. The Morgan fingerprint density at radius 3 is 2.00 bits per heavy atom. The van der Waals surface area contributed by atoms with Crippen LogP contribution in [0, 0.1) is 0 Å². The quantitative estimate of drug-likeness (QED) is 0.227. The Hall–Kier alpha value is -4.18. The van der Waals surface area contributed by atoms with Crippen molar-refractivity contribution < 1.29 is 0 Å². The summed E-state index contributed by atoms with van der Waals surface area (Å²) in [7, 11) is 0. The Kier molecular flexibility index (Phi) is 4.54. The lowest BCUT2D eigenvalue weighted by molar-refractivity contribution is 1.02. The van der Waals surface area contributed by atoms with Crippen molar-refractivity contribution in [1.29, 1.82) is 0 Å². The number of nitrogens with one attached hydrogen (secondary N) is 1. The summed E-state index contributed by atoms with van der Waals surface area (Å²) in [5.74, 6) is 0. The molecule has 0 atom stereocenters. The van der Waals surface area contributed by atoms with Gasteiger partial charge >= 0.3 is 0 Å². The highest BCUT2D eigenvalue weighted by molar-refractivity contribution is 7.26. The number of hydrogen-bond acceptors (Lipinski definition) is 2. The molecule has 1 aliphatic carbocycles. The third-order valence-corrected chi connectivity index (χ3v) is 10.8. The SMILES string of the molecule is C1=Cc2c(sc3c(-c4ccc5c(c4)[nH]c4cc(-c6cccc7c6sc6ccccc67)ccc45)cccc23)CC1. The van der Waals surface area contributed by atoms with Gasteiger partial charge in [-0.05, 0) is 58.9 Å². The summed E-state index contributed by atoms with van der Waals surface area (Å²) in [6.45, 7) is 0. The molecule has 9 rings (SSSR count). The van der Waals surface area contributed by atoms with E-state index in [1.165, 1.54) is 84.8 Å². The smallest absolute Gasteiger partial charge is 0.0471 e. The van der Waals surface area contributed by atoms with Crippen LogP contribution in [0.3, 0.4) is 0 Å². The molecule has 1 aliphatic rings. The summed E-state index contributed by atoms with van der Waals surface area (Å²) in [6.07, 6.45) is 6.94. The van der Waals surface area contributed by atoms with E-state index in [0.717, 1.165) is 12.8 Å². The molecule has 184 valence electrons. The zero-order valence-corrected chi connectivity index (χ0v) is 22.8. The maximum Gasteiger partial charge on any atom is 0.0471 e. The first kappa shape index (κ1) is 21.7. The largest absolute Gasteiger partial charge is 0.354 e. The first-order chi connectivity index (χ1) is 19.3. The van der Waals surface area contributed by atoms with Crippen LogP contribution in [-0.2, 0) is 6.42 Å². The predicted octanol–water partition coefficient (Wildman–Crippen LogP) is 11.2. The fourth-order valence-electron chi connectivity index (χ4n) is 6.42. The number of hydrogen-bond donors (Lipinski definition) is 1. The number of H-pyrrole nitrogens is 1. The lowest BCUT2D eigenvalue weighted by atomic mass is 9.98. The van der Waals surface area contributed by atoms with Gasteiger partial charge < -0.3 is 4.98 Å². The number of allylic oxidation sites excluding steroid dienone is 1. The van der Waals surface area contributed by atoms with Crippen molar-refractivity contribution in [2.24, 2.45) is 0 Å². The molecule has 0 unspecified atom stereocenters. The van der Waals surface area contributed by atoms with Gasteiger partial charge in [-0.1, -0.05) is 91.0 Å². The molecule has 1 nitrogen and oxygen atoms in total. The molecule has 0 amide bonds. The molecule has 8 aromatic rings. The Morgan fingerprint density at radius 1 is 0.564 bits per heavy atom. The van der Waals surface area contributed by atoms with Crippen molar-refractivity contribution in [2.75, 3.05) is 0 Å². The Labute approximate surface area is 233 Å². The van der Waals surface area contributed by atoms with E-state index in [-0.39, 0.29) is 0 Å². The molecule has 39 heavy (non-hydrogen) atoms. The molecule has 1 N–H and O–H groups in total. The predicted molar refractivity (Wildman–Crippen MR) is 172 cm³/mol. The average Bonchev–Trinajstić information content (AvgIpc) is 3.67. The third kappa shape index (κ3) is 3.18. The van der Waals surface area contributed by atoms with Crippen LogP contribution in [0.2, 0.25) is 0 Å². The van der Waals surface area contributed by atoms with Crippen molar-refractivity contribution in [3.8, 4) is 22.3 Å². The molecular formula is C36H23NS2. The summed E-state index contributed by atoms with van der Waals surface area (Å²) >= 11 is 3.86. The molecule has 3 heterocycles. The summed E-state index contributed by atoms with van der Waals surface area (Å²) in [5.41, 5.74) is 8.97. The van der Waals surface area contributed by atoms with Crippen molar-refractivity contribution >= 4 is 80.8 Å². The standard InChI is InChI=1S/C36H23NS2/c1-3-13-33-27(7-1)29-11-5-9-23(35(29)38-33)21-15-17-25-26-18-16-22(20-32(26)37-31(25)19-21)24-10-6-12-30-28-8-2-4-14-34(28)39-36(24)30/h1-3,5-13,15-20,37H,4,14H2. The summed E-state index contributed by atoms with van der Waals surface area (Å²) in [4.78, 5) is 5.29. The van der Waals surface area contributed by atoms with Gasteiger partial charge in [0.05, 0.1) is 0 Å². The molecular weight excluding hydrogens is 511 g/mol. The van der Waals surface area contributed by atoms with Crippen LogP contribution in [0.15, 0.2) is 103 Å². The number of aryl methyl sites for hydroxylation is 1. The molecule has 0 saturated carbocycles. The number of fused-ring (bicyclic) bond motifs is 9. The molecule has 3 heteroatoms. The van der Waals surface area contributed by atoms with E-state index in [2.05, 4.69) is 114 Å². The molecule has 0 radical (unpaired) electrons. The van der Waals surface area contributed by atoms with Crippen molar-refractivity contribution in [1.82, 2.24) is 4.98 Å². The second kappa shape index (κ2) is 8.16. The van der Waals surface area contributed by atoms with Crippen LogP contribution in [-0.4, -0.2) is 4.98 Å². The molecule has 0 spiro atoms. The highest BCUT2D eigenvalue weighted by atomic mass is 32.1. The van der Waals surface area contributed by atoms with Crippen LogP contribution >= 0.6 is 22.7 Å². The minimum Gasteiger partial charge on any atom is -0.354 e. The Balaban J connectivity index is 1.20. The third-order valence-electron chi connectivity index (χ3n) is 8.28. The van der Waals surface area contributed by atoms with Crippen molar-refractivity contribution in [3.63, 3.8) is 0 Å². The lowest BCUT2D eigenvalue weighted by Crippen LogP contribution is -1.86. The van der Waals surface area contributed by atoms with Gasteiger partial charge in [0.15, 0.2) is 0 Å². The van der Waals surface area contributed by atoms with Crippen LogP contribution in [0.5, 0.6) is 0 Å². The molecule has 5 aromatic carbocycles. The highest BCUT2D eigenvalue weighted by Crippen LogP contribution is 2.43. The Morgan fingerprint density at radius 2 is 1.23 bits per heavy atom. The van der Waals surface area contributed by atoms with Crippen LogP contribution in [0.4, 0.5) is 0 Å². The van der Waals surface area contributed by atoms with E-state index in [1.807, 2.05) is 22.7 Å². The van der Waals surface area contributed by atoms with Crippen molar-refractivity contribution in [3.05, 3.63) is 114 Å². The highest BCUT2D eigenvalue weighted by Gasteiger charge is 2.17. The molecule has 3 aromatic heterocycles. The number of rotatable bonds is 2. The van der Waals surface area contributed by atoms with E-state index < -0.39 is 0 Å². The zero-order chi connectivity index (χ0) is 25.5. The van der Waals surface area contributed by atoms with Gasteiger partial charge in [-0.25, -0.2) is 0 Å². The van der Waals surface area contributed by atoms with E-state index in [1.54, 1.807) is 0 Å². The first-order valence-electron chi connectivity index (χ1n) is 13.5. The van der Waals surface area contributed by atoms with Gasteiger partial charge in [-0.3, -0.25) is 0 Å². The second-order valence-corrected chi connectivity index (χ2v) is 12.6. The van der Waals surface area contributed by atoms with Crippen molar-refractivity contribution in [2.45, 2.75) is 12.8 Å². The van der Waals surface area contributed by atoms with Crippen LogP contribution < -0.4 is 0 Å². The minimum absolute atomic E-state index is 1.15. The van der Waals surface area contributed by atoms with Gasteiger partial charge in [0.1, 0.15) is 0 Å².